The van der Waals surface area contributed by atoms with Crippen LogP contribution in [0.3, 0.4) is 0 Å². The molecule has 0 aliphatic carbocycles. The highest BCUT2D eigenvalue weighted by molar-refractivity contribution is 6.31. The predicted molar refractivity (Wildman–Crippen MR) is 94.9 cm³/mol. The van der Waals surface area contributed by atoms with E-state index in [-0.39, 0.29) is 16.3 Å². The second-order valence-corrected chi connectivity index (χ2v) is 6.55. The summed E-state index contributed by atoms with van der Waals surface area (Å²) in [5, 5.41) is 3.51. The summed E-state index contributed by atoms with van der Waals surface area (Å²) in [6, 6.07) is 9.54. The summed E-state index contributed by atoms with van der Waals surface area (Å²) in [5.41, 5.74) is -3.17. The number of aryl methyl sites for hydroxylation is 1. The molecule has 28 heavy (non-hydrogen) atoms. The van der Waals surface area contributed by atoms with Crippen molar-refractivity contribution in [3.05, 3.63) is 64.7 Å². The van der Waals surface area contributed by atoms with E-state index in [1.165, 1.54) is 42.5 Å². The molecule has 1 heterocycles. The first-order chi connectivity index (χ1) is 13.0. The lowest BCUT2D eigenvalue weighted by Crippen LogP contribution is -2.69. The average Bonchev–Trinajstić information content (AvgIpc) is 2.87. The molecule has 146 valence electrons. The number of nitrogens with one attached hydrogen (secondary N) is 2. The quantitative estimate of drug-likeness (QED) is 0.760. The highest BCUT2D eigenvalue weighted by Gasteiger charge is 2.69. The van der Waals surface area contributed by atoms with E-state index in [0.717, 1.165) is 0 Å². The van der Waals surface area contributed by atoms with Gasteiger partial charge >= 0.3 is 12.2 Å². The zero-order valence-corrected chi connectivity index (χ0v) is 15.1. The Labute approximate surface area is 162 Å². The molecule has 1 aliphatic heterocycles. The van der Waals surface area contributed by atoms with E-state index in [9.17, 15) is 27.6 Å². The Morgan fingerprint density at radius 3 is 2.36 bits per heavy atom. The zero-order chi connectivity index (χ0) is 20.7. The first kappa shape index (κ1) is 19.7. The molecule has 1 atom stereocenters. The van der Waals surface area contributed by atoms with Gasteiger partial charge in [-0.25, -0.2) is 9.69 Å². The van der Waals surface area contributed by atoms with Gasteiger partial charge in [0.05, 0.1) is 5.69 Å². The fourth-order valence-electron chi connectivity index (χ4n) is 2.73. The number of benzene rings is 2. The standard InChI is InChI=1S/C18H13ClF3N3O3/c1-10-3-2-4-11(9-10)14(26)23-17(18(20,21)22)15(27)25(16(28)24-17)13-7-5-12(19)6-8-13/h2-9H,1H3,(H,23,26)(H,24,28)/t17-/m1/s1. The normalized spacial score (nSPS) is 19.5. The Kier molecular flexibility index (Phi) is 4.80. The van der Waals surface area contributed by atoms with E-state index in [1.54, 1.807) is 23.6 Å². The third-order valence-electron chi connectivity index (χ3n) is 4.11. The number of nitrogens with zero attached hydrogens (tertiary/aromatic N) is 1. The molecule has 3 rings (SSSR count). The van der Waals surface area contributed by atoms with Crippen molar-refractivity contribution in [2.75, 3.05) is 4.90 Å². The number of carbonyl (C=O) groups excluding carboxylic acids is 3. The molecular formula is C18H13ClF3N3O3. The predicted octanol–water partition coefficient (Wildman–Crippen LogP) is 3.39. The summed E-state index contributed by atoms with van der Waals surface area (Å²) in [4.78, 5) is 37.6. The molecule has 0 unspecified atom stereocenters. The lowest BCUT2D eigenvalue weighted by Gasteiger charge is -2.29. The number of urea groups is 1. The molecular weight excluding hydrogens is 399 g/mol. The monoisotopic (exact) mass is 411 g/mol. The maximum atomic E-state index is 13.9. The molecule has 2 aromatic carbocycles. The van der Waals surface area contributed by atoms with Crippen molar-refractivity contribution in [1.82, 2.24) is 10.6 Å². The molecule has 0 saturated carbocycles. The van der Waals surface area contributed by atoms with Crippen LogP contribution in [0.1, 0.15) is 15.9 Å². The summed E-state index contributed by atoms with van der Waals surface area (Å²) < 4.78 is 41.6. The van der Waals surface area contributed by atoms with Gasteiger partial charge in [0, 0.05) is 10.6 Å². The molecule has 4 amide bonds. The van der Waals surface area contributed by atoms with Crippen molar-refractivity contribution < 1.29 is 27.6 Å². The Morgan fingerprint density at radius 1 is 1.14 bits per heavy atom. The molecule has 0 aromatic heterocycles. The second-order valence-electron chi connectivity index (χ2n) is 6.12. The van der Waals surface area contributed by atoms with Crippen LogP contribution < -0.4 is 15.5 Å². The SMILES string of the molecule is Cc1cccc(C(=O)N[C@@]2(C(F)(F)F)NC(=O)N(c3ccc(Cl)cc3)C2=O)c1. The van der Waals surface area contributed by atoms with Gasteiger partial charge in [-0.3, -0.25) is 14.9 Å². The van der Waals surface area contributed by atoms with Crippen molar-refractivity contribution in [2.45, 2.75) is 18.8 Å². The van der Waals surface area contributed by atoms with Crippen LogP contribution in [0, 0.1) is 6.92 Å². The van der Waals surface area contributed by atoms with Gasteiger partial charge in [0.25, 0.3) is 17.5 Å². The lowest BCUT2D eigenvalue weighted by molar-refractivity contribution is -0.197. The van der Waals surface area contributed by atoms with Gasteiger partial charge in [-0.1, -0.05) is 29.3 Å². The van der Waals surface area contributed by atoms with Crippen LogP contribution in [0.15, 0.2) is 48.5 Å². The molecule has 10 heteroatoms. The lowest BCUT2D eigenvalue weighted by atomic mass is 10.1. The minimum atomic E-state index is -5.29. The summed E-state index contributed by atoms with van der Waals surface area (Å²) in [6.07, 6.45) is -5.29. The molecule has 6 nitrogen and oxygen atoms in total. The van der Waals surface area contributed by atoms with Crippen LogP contribution in [-0.4, -0.2) is 29.7 Å². The van der Waals surface area contributed by atoms with Crippen LogP contribution in [0.2, 0.25) is 5.02 Å². The van der Waals surface area contributed by atoms with Gasteiger partial charge < -0.3 is 5.32 Å². The van der Waals surface area contributed by atoms with Gasteiger partial charge in [0.2, 0.25) is 0 Å². The summed E-state index contributed by atoms with van der Waals surface area (Å²) in [5.74, 6) is -2.83. The van der Waals surface area contributed by atoms with Crippen LogP contribution in [0.5, 0.6) is 0 Å². The van der Waals surface area contributed by atoms with Crippen molar-refractivity contribution in [2.24, 2.45) is 0 Å². The number of imide groups is 1. The number of halogens is 4. The molecule has 2 aromatic rings. The zero-order valence-electron chi connectivity index (χ0n) is 14.3. The van der Waals surface area contributed by atoms with E-state index in [1.807, 2.05) is 0 Å². The summed E-state index contributed by atoms with van der Waals surface area (Å²) in [7, 11) is 0. The Morgan fingerprint density at radius 2 is 1.79 bits per heavy atom. The topological polar surface area (TPSA) is 78.5 Å². The molecule has 0 radical (unpaired) electrons. The number of carbonyl (C=O) groups is 3. The first-order valence-electron chi connectivity index (χ1n) is 7.93. The maximum absolute atomic E-state index is 13.9. The minimum Gasteiger partial charge on any atom is -0.314 e. The number of rotatable bonds is 3. The molecule has 1 aliphatic rings. The smallest absolute Gasteiger partial charge is 0.314 e. The van der Waals surface area contributed by atoms with Gasteiger partial charge in [-0.2, -0.15) is 13.2 Å². The molecule has 0 bridgehead atoms. The summed E-state index contributed by atoms with van der Waals surface area (Å²) in [6.45, 7) is 1.65. The highest BCUT2D eigenvalue weighted by atomic mass is 35.5. The third-order valence-corrected chi connectivity index (χ3v) is 4.36. The number of amides is 4. The first-order valence-corrected chi connectivity index (χ1v) is 8.31. The average molecular weight is 412 g/mol. The van der Waals surface area contributed by atoms with Crippen molar-refractivity contribution in [3.63, 3.8) is 0 Å². The largest absolute Gasteiger partial charge is 0.440 e. The third kappa shape index (κ3) is 3.29. The van der Waals surface area contributed by atoms with Gasteiger partial charge in [-0.15, -0.1) is 0 Å². The van der Waals surface area contributed by atoms with Crippen LogP contribution in [-0.2, 0) is 4.79 Å². The van der Waals surface area contributed by atoms with Crippen molar-refractivity contribution in [1.29, 1.82) is 0 Å². The number of alkyl halides is 3. The molecule has 0 spiro atoms. The fraction of sp³-hybridized carbons (Fsp3) is 0.167. The Hall–Kier alpha value is -3.07. The van der Waals surface area contributed by atoms with Gasteiger partial charge in [-0.05, 0) is 43.3 Å². The van der Waals surface area contributed by atoms with Crippen molar-refractivity contribution >= 4 is 35.1 Å². The van der Waals surface area contributed by atoms with Crippen LogP contribution in [0.4, 0.5) is 23.7 Å². The van der Waals surface area contributed by atoms with Crippen LogP contribution >= 0.6 is 11.6 Å². The van der Waals surface area contributed by atoms with Crippen molar-refractivity contribution in [3.8, 4) is 0 Å². The van der Waals surface area contributed by atoms with Gasteiger partial charge in [0.1, 0.15) is 0 Å². The van der Waals surface area contributed by atoms with Gasteiger partial charge in [0.15, 0.2) is 0 Å². The number of hydrogen-bond donors (Lipinski definition) is 2. The Balaban J connectivity index is 2.00. The number of anilines is 1. The summed E-state index contributed by atoms with van der Waals surface area (Å²) >= 11 is 5.73. The minimum absolute atomic E-state index is 0.0874. The molecule has 2 N–H and O–H groups in total. The van der Waals surface area contributed by atoms with Crippen LogP contribution in [0.25, 0.3) is 0 Å². The highest BCUT2D eigenvalue weighted by Crippen LogP contribution is 2.36. The number of hydrogen-bond acceptors (Lipinski definition) is 3. The maximum Gasteiger partial charge on any atom is 0.440 e. The van der Waals surface area contributed by atoms with E-state index in [0.29, 0.717) is 10.5 Å². The van der Waals surface area contributed by atoms with E-state index >= 15 is 0 Å². The molecule has 1 fully saturated rings. The van der Waals surface area contributed by atoms with E-state index < -0.39 is 29.7 Å². The van der Waals surface area contributed by atoms with E-state index in [4.69, 9.17) is 11.6 Å². The Bertz CT molecular complexity index is 963. The fourth-order valence-corrected chi connectivity index (χ4v) is 2.86. The molecule has 1 saturated heterocycles. The second kappa shape index (κ2) is 6.83. The van der Waals surface area contributed by atoms with E-state index in [2.05, 4.69) is 0 Å².